The van der Waals surface area contributed by atoms with Gasteiger partial charge in [-0.25, -0.2) is 4.79 Å². The first-order valence-electron chi connectivity index (χ1n) is 7.94. The molecule has 0 saturated carbocycles. The van der Waals surface area contributed by atoms with E-state index in [0.29, 0.717) is 13.2 Å². The Balaban J connectivity index is 2.13. The van der Waals surface area contributed by atoms with Crippen LogP contribution in [-0.4, -0.2) is 46.0 Å². The zero-order valence-corrected chi connectivity index (χ0v) is 14.1. The molecule has 0 aliphatic carbocycles. The van der Waals surface area contributed by atoms with Crippen LogP contribution < -0.4 is 5.32 Å². The predicted molar refractivity (Wildman–Crippen MR) is 84.2 cm³/mol. The lowest BCUT2D eigenvalue weighted by atomic mass is 9.92. The number of carboxylic acids is 1. The van der Waals surface area contributed by atoms with Crippen molar-refractivity contribution in [1.82, 2.24) is 15.1 Å². The summed E-state index contributed by atoms with van der Waals surface area (Å²) in [6.07, 6.45) is 1.57. The standard InChI is InChI=1S/C16H25N3O4/c1-9(13-10(2)18-19(4)11(13)3)15(20)17-14(16(21)22)12-6-5-7-23-8-12/h9,12,14H,5-8H2,1-4H3,(H,17,20)(H,21,22). The van der Waals surface area contributed by atoms with Crippen LogP contribution in [0.25, 0.3) is 0 Å². The van der Waals surface area contributed by atoms with E-state index in [1.54, 1.807) is 11.6 Å². The van der Waals surface area contributed by atoms with Crippen LogP contribution in [0.2, 0.25) is 0 Å². The second kappa shape index (κ2) is 7.12. The van der Waals surface area contributed by atoms with E-state index in [4.69, 9.17) is 4.74 Å². The van der Waals surface area contributed by atoms with E-state index in [9.17, 15) is 14.7 Å². The molecule has 1 amide bonds. The minimum absolute atomic E-state index is 0.187. The van der Waals surface area contributed by atoms with E-state index in [-0.39, 0.29) is 11.8 Å². The number of nitrogens with one attached hydrogen (secondary N) is 1. The van der Waals surface area contributed by atoms with Gasteiger partial charge in [-0.15, -0.1) is 0 Å². The molecule has 7 heteroatoms. The molecule has 23 heavy (non-hydrogen) atoms. The van der Waals surface area contributed by atoms with Crippen LogP contribution in [0.5, 0.6) is 0 Å². The van der Waals surface area contributed by atoms with Crippen LogP contribution in [0.1, 0.15) is 42.6 Å². The second-order valence-electron chi connectivity index (χ2n) is 6.23. The summed E-state index contributed by atoms with van der Waals surface area (Å²) in [5, 5.41) is 16.5. The first kappa shape index (κ1) is 17.5. The Hall–Kier alpha value is -1.89. The Morgan fingerprint density at radius 2 is 2.13 bits per heavy atom. The van der Waals surface area contributed by atoms with Gasteiger partial charge in [0.15, 0.2) is 0 Å². The highest BCUT2D eigenvalue weighted by Crippen LogP contribution is 2.24. The van der Waals surface area contributed by atoms with E-state index in [1.165, 1.54) is 0 Å². The highest BCUT2D eigenvalue weighted by atomic mass is 16.5. The summed E-state index contributed by atoms with van der Waals surface area (Å²) in [6.45, 7) is 6.57. The Morgan fingerprint density at radius 1 is 1.43 bits per heavy atom. The molecule has 128 valence electrons. The quantitative estimate of drug-likeness (QED) is 0.847. The van der Waals surface area contributed by atoms with Gasteiger partial charge in [0, 0.05) is 30.8 Å². The average Bonchev–Trinajstić information content (AvgIpc) is 2.77. The largest absolute Gasteiger partial charge is 0.480 e. The fourth-order valence-corrected chi connectivity index (χ4v) is 3.24. The fourth-order valence-electron chi connectivity index (χ4n) is 3.24. The van der Waals surface area contributed by atoms with Crippen molar-refractivity contribution in [2.75, 3.05) is 13.2 Å². The van der Waals surface area contributed by atoms with Crippen LogP contribution >= 0.6 is 0 Å². The third kappa shape index (κ3) is 3.72. The molecule has 1 fully saturated rings. The van der Waals surface area contributed by atoms with Crippen molar-refractivity contribution in [1.29, 1.82) is 0 Å². The average molecular weight is 323 g/mol. The maximum absolute atomic E-state index is 12.6. The summed E-state index contributed by atoms with van der Waals surface area (Å²) in [4.78, 5) is 24.1. The number of aryl methyl sites for hydroxylation is 2. The fraction of sp³-hybridized carbons (Fsp3) is 0.688. The molecule has 1 aromatic heterocycles. The zero-order chi connectivity index (χ0) is 17.1. The summed E-state index contributed by atoms with van der Waals surface area (Å²) < 4.78 is 7.09. The molecule has 3 atom stereocenters. The number of hydrogen-bond acceptors (Lipinski definition) is 4. The van der Waals surface area contributed by atoms with Gasteiger partial charge >= 0.3 is 5.97 Å². The van der Waals surface area contributed by atoms with Crippen LogP contribution in [0.4, 0.5) is 0 Å². The zero-order valence-electron chi connectivity index (χ0n) is 14.1. The molecule has 0 radical (unpaired) electrons. The lowest BCUT2D eigenvalue weighted by molar-refractivity contribution is -0.145. The molecule has 0 aromatic carbocycles. The number of carbonyl (C=O) groups excluding carboxylic acids is 1. The maximum atomic E-state index is 12.6. The van der Waals surface area contributed by atoms with Crippen LogP contribution in [-0.2, 0) is 21.4 Å². The Bertz CT molecular complexity index is 590. The van der Waals surface area contributed by atoms with Crippen molar-refractivity contribution in [2.24, 2.45) is 13.0 Å². The Labute approximate surface area is 136 Å². The lowest BCUT2D eigenvalue weighted by Gasteiger charge is -2.29. The maximum Gasteiger partial charge on any atom is 0.326 e. The normalized spacial score (nSPS) is 20.8. The molecule has 0 spiro atoms. The number of aliphatic carboxylic acids is 1. The second-order valence-corrected chi connectivity index (χ2v) is 6.23. The van der Waals surface area contributed by atoms with E-state index < -0.39 is 17.9 Å². The van der Waals surface area contributed by atoms with E-state index >= 15 is 0 Å². The van der Waals surface area contributed by atoms with Gasteiger partial charge < -0.3 is 15.2 Å². The van der Waals surface area contributed by atoms with E-state index in [0.717, 1.165) is 29.8 Å². The van der Waals surface area contributed by atoms with Gasteiger partial charge in [-0.05, 0) is 33.6 Å². The van der Waals surface area contributed by atoms with Gasteiger partial charge in [-0.1, -0.05) is 0 Å². The summed E-state index contributed by atoms with van der Waals surface area (Å²) >= 11 is 0. The van der Waals surface area contributed by atoms with Gasteiger partial charge in [0.2, 0.25) is 5.91 Å². The summed E-state index contributed by atoms with van der Waals surface area (Å²) in [5.41, 5.74) is 2.56. The molecular formula is C16H25N3O4. The molecule has 7 nitrogen and oxygen atoms in total. The van der Waals surface area contributed by atoms with Gasteiger partial charge in [-0.2, -0.15) is 5.10 Å². The number of carboxylic acid groups (broad SMARTS) is 1. The monoisotopic (exact) mass is 323 g/mol. The molecular weight excluding hydrogens is 298 g/mol. The molecule has 1 aliphatic heterocycles. The van der Waals surface area contributed by atoms with E-state index in [1.807, 2.05) is 20.9 Å². The molecule has 3 unspecified atom stereocenters. The Kier molecular flexibility index (Phi) is 5.41. The highest BCUT2D eigenvalue weighted by Gasteiger charge is 2.33. The van der Waals surface area contributed by atoms with Gasteiger partial charge in [0.05, 0.1) is 18.2 Å². The molecule has 2 heterocycles. The van der Waals surface area contributed by atoms with Crippen molar-refractivity contribution >= 4 is 11.9 Å². The van der Waals surface area contributed by atoms with Crippen LogP contribution in [0.15, 0.2) is 0 Å². The number of nitrogens with zero attached hydrogens (tertiary/aromatic N) is 2. The van der Waals surface area contributed by atoms with Crippen molar-refractivity contribution in [3.05, 3.63) is 17.0 Å². The molecule has 1 aromatic rings. The lowest BCUT2D eigenvalue weighted by Crippen LogP contribution is -2.49. The molecule has 2 N–H and O–H groups in total. The van der Waals surface area contributed by atoms with Gasteiger partial charge in [0.25, 0.3) is 0 Å². The van der Waals surface area contributed by atoms with Crippen LogP contribution in [0.3, 0.4) is 0 Å². The first-order valence-corrected chi connectivity index (χ1v) is 7.94. The minimum Gasteiger partial charge on any atom is -0.480 e. The number of carbonyl (C=O) groups is 2. The SMILES string of the molecule is Cc1nn(C)c(C)c1C(C)C(=O)NC(C(=O)O)C1CCCOC1. The minimum atomic E-state index is -1.01. The number of aromatic nitrogens is 2. The highest BCUT2D eigenvalue weighted by molar-refractivity contribution is 5.88. The van der Waals surface area contributed by atoms with Gasteiger partial charge in [0.1, 0.15) is 6.04 Å². The number of hydrogen-bond donors (Lipinski definition) is 2. The molecule has 0 bridgehead atoms. The summed E-state index contributed by atoms with van der Waals surface area (Å²) in [5.74, 6) is -1.94. The van der Waals surface area contributed by atoms with Crippen molar-refractivity contribution in [2.45, 2.75) is 45.6 Å². The number of amides is 1. The van der Waals surface area contributed by atoms with Crippen molar-refractivity contribution < 1.29 is 19.4 Å². The predicted octanol–water partition coefficient (Wildman–Crippen LogP) is 1.14. The smallest absolute Gasteiger partial charge is 0.326 e. The van der Waals surface area contributed by atoms with Crippen molar-refractivity contribution in [3.8, 4) is 0 Å². The molecule has 1 aliphatic rings. The molecule has 2 rings (SSSR count). The number of ether oxygens (including phenoxy) is 1. The molecule has 1 saturated heterocycles. The third-order valence-electron chi connectivity index (χ3n) is 4.62. The summed E-state index contributed by atoms with van der Waals surface area (Å²) in [6, 6.07) is -0.914. The first-order chi connectivity index (χ1) is 10.8. The number of rotatable bonds is 5. The third-order valence-corrected chi connectivity index (χ3v) is 4.62. The topological polar surface area (TPSA) is 93.5 Å². The van der Waals surface area contributed by atoms with Gasteiger partial charge in [-0.3, -0.25) is 9.48 Å². The van der Waals surface area contributed by atoms with Crippen molar-refractivity contribution in [3.63, 3.8) is 0 Å². The summed E-state index contributed by atoms with van der Waals surface area (Å²) in [7, 11) is 1.83. The Morgan fingerprint density at radius 3 is 2.61 bits per heavy atom. The van der Waals surface area contributed by atoms with E-state index in [2.05, 4.69) is 10.4 Å². The van der Waals surface area contributed by atoms with Crippen LogP contribution in [0, 0.1) is 19.8 Å².